The van der Waals surface area contributed by atoms with Gasteiger partial charge in [-0.3, -0.25) is 0 Å². The Kier molecular flexibility index (Phi) is 6.26. The second-order valence-corrected chi connectivity index (χ2v) is 9.72. The summed E-state index contributed by atoms with van der Waals surface area (Å²) in [6, 6.07) is 25.3. The van der Waals surface area contributed by atoms with Crippen LogP contribution in [0.3, 0.4) is 0 Å². The minimum absolute atomic E-state index is 0.351. The van der Waals surface area contributed by atoms with E-state index in [-0.39, 0.29) is 0 Å². The van der Waals surface area contributed by atoms with E-state index >= 15 is 0 Å². The second-order valence-electron chi connectivity index (χ2n) is 9.72. The van der Waals surface area contributed by atoms with Gasteiger partial charge in [-0.25, -0.2) is 0 Å². The van der Waals surface area contributed by atoms with Crippen LogP contribution in [0.5, 0.6) is 0 Å². The van der Waals surface area contributed by atoms with Gasteiger partial charge in [0.05, 0.1) is 5.60 Å². The number of aliphatic hydroxyl groups is 1. The number of hydrogen-bond donors (Lipinski definition) is 2. The highest BCUT2D eigenvalue weighted by Gasteiger charge is 2.27. The maximum Gasteiger partial charge on any atom is 0.0594 e. The first-order chi connectivity index (χ1) is 14.4. The molecule has 1 aliphatic carbocycles. The third kappa shape index (κ3) is 5.11. The number of aryl methyl sites for hydroxylation is 1. The van der Waals surface area contributed by atoms with Gasteiger partial charge in [-0.1, -0.05) is 66.7 Å². The first-order valence-electron chi connectivity index (χ1n) is 11.4. The van der Waals surface area contributed by atoms with E-state index in [1.807, 2.05) is 13.8 Å². The molecule has 0 bridgehead atoms. The molecular formula is C28H35NO. The number of fused-ring (bicyclic) bond motifs is 1. The average molecular weight is 402 g/mol. The number of benzene rings is 3. The van der Waals surface area contributed by atoms with E-state index in [0.29, 0.717) is 18.0 Å². The third-order valence-corrected chi connectivity index (χ3v) is 6.68. The standard InChI is InChI=1S/C28H35NO/c1-20(26-10-6-8-23-7-4-5-9-27(23)26)29-25-16-15-24(19-25)22-13-11-21(12-14-22)17-18-28(2,3)30/h4-14,20,24-25,29-30H,15-19H2,1-3H3/t20-,24+,25+/m1/s1. The van der Waals surface area contributed by atoms with E-state index in [1.54, 1.807) is 0 Å². The van der Waals surface area contributed by atoms with Crippen LogP contribution in [0.15, 0.2) is 66.7 Å². The van der Waals surface area contributed by atoms with Crippen molar-refractivity contribution in [1.82, 2.24) is 5.32 Å². The first-order valence-corrected chi connectivity index (χ1v) is 11.4. The molecular weight excluding hydrogens is 366 g/mol. The lowest BCUT2D eigenvalue weighted by Gasteiger charge is -2.22. The van der Waals surface area contributed by atoms with Crippen LogP contribution < -0.4 is 5.32 Å². The molecule has 3 aromatic rings. The zero-order valence-electron chi connectivity index (χ0n) is 18.6. The van der Waals surface area contributed by atoms with Crippen LogP contribution in [0.2, 0.25) is 0 Å². The lowest BCUT2D eigenvalue weighted by atomic mass is 9.94. The maximum absolute atomic E-state index is 9.94. The number of rotatable bonds is 7. The molecule has 0 unspecified atom stereocenters. The fourth-order valence-electron chi connectivity index (χ4n) is 4.91. The van der Waals surface area contributed by atoms with E-state index in [1.165, 1.54) is 46.7 Å². The zero-order valence-corrected chi connectivity index (χ0v) is 18.6. The van der Waals surface area contributed by atoms with Gasteiger partial charge in [0, 0.05) is 12.1 Å². The Morgan fingerprint density at radius 2 is 1.70 bits per heavy atom. The van der Waals surface area contributed by atoms with E-state index in [0.717, 1.165) is 12.8 Å². The van der Waals surface area contributed by atoms with E-state index in [9.17, 15) is 5.11 Å². The summed E-state index contributed by atoms with van der Waals surface area (Å²) in [6.07, 6.45) is 5.43. The summed E-state index contributed by atoms with van der Waals surface area (Å²) in [7, 11) is 0. The molecule has 0 aliphatic heterocycles. The van der Waals surface area contributed by atoms with E-state index in [2.05, 4.69) is 79.0 Å². The van der Waals surface area contributed by atoms with E-state index in [4.69, 9.17) is 0 Å². The van der Waals surface area contributed by atoms with Gasteiger partial charge in [0.15, 0.2) is 0 Å². The van der Waals surface area contributed by atoms with Gasteiger partial charge >= 0.3 is 0 Å². The molecule has 30 heavy (non-hydrogen) atoms. The monoisotopic (exact) mass is 401 g/mol. The van der Waals surface area contributed by atoms with Crippen molar-refractivity contribution >= 4 is 10.8 Å². The molecule has 0 saturated heterocycles. The predicted octanol–water partition coefficient (Wildman–Crippen LogP) is 6.53. The Morgan fingerprint density at radius 3 is 2.47 bits per heavy atom. The molecule has 2 N–H and O–H groups in total. The fourth-order valence-corrected chi connectivity index (χ4v) is 4.91. The van der Waals surface area contributed by atoms with Gasteiger partial charge in [0.25, 0.3) is 0 Å². The van der Waals surface area contributed by atoms with Crippen molar-refractivity contribution in [2.24, 2.45) is 0 Å². The van der Waals surface area contributed by atoms with Gasteiger partial charge in [-0.05, 0) is 86.3 Å². The molecule has 1 saturated carbocycles. The first kappa shape index (κ1) is 21.1. The summed E-state index contributed by atoms with van der Waals surface area (Å²) in [4.78, 5) is 0. The molecule has 4 rings (SSSR count). The van der Waals surface area contributed by atoms with Gasteiger partial charge in [0.2, 0.25) is 0 Å². The van der Waals surface area contributed by atoms with Crippen LogP contribution in [0, 0.1) is 0 Å². The molecule has 2 nitrogen and oxygen atoms in total. The Morgan fingerprint density at radius 1 is 0.967 bits per heavy atom. The van der Waals surface area contributed by atoms with Crippen LogP contribution in [-0.4, -0.2) is 16.7 Å². The quantitative estimate of drug-likeness (QED) is 0.472. The summed E-state index contributed by atoms with van der Waals surface area (Å²) in [6.45, 7) is 6.06. The normalized spacial score (nSPS) is 20.5. The van der Waals surface area contributed by atoms with Gasteiger partial charge < -0.3 is 10.4 Å². The van der Waals surface area contributed by atoms with Crippen molar-refractivity contribution < 1.29 is 5.11 Å². The summed E-state index contributed by atoms with van der Waals surface area (Å²) >= 11 is 0. The Bertz CT molecular complexity index is 965. The van der Waals surface area contributed by atoms with E-state index < -0.39 is 5.60 Å². The third-order valence-electron chi connectivity index (χ3n) is 6.68. The minimum Gasteiger partial charge on any atom is -0.390 e. The molecule has 3 aromatic carbocycles. The molecule has 3 atom stereocenters. The Balaban J connectivity index is 1.36. The summed E-state index contributed by atoms with van der Waals surface area (Å²) < 4.78 is 0. The largest absolute Gasteiger partial charge is 0.390 e. The van der Waals surface area contributed by atoms with Gasteiger partial charge in [-0.2, -0.15) is 0 Å². The van der Waals surface area contributed by atoms with Crippen LogP contribution >= 0.6 is 0 Å². The Labute approximate surface area is 181 Å². The molecule has 0 spiro atoms. The highest BCUT2D eigenvalue weighted by molar-refractivity contribution is 5.86. The average Bonchev–Trinajstić information content (AvgIpc) is 3.20. The maximum atomic E-state index is 9.94. The molecule has 1 aliphatic rings. The van der Waals surface area contributed by atoms with Crippen molar-refractivity contribution in [3.05, 3.63) is 83.4 Å². The summed E-state index contributed by atoms with van der Waals surface area (Å²) in [5.74, 6) is 0.644. The minimum atomic E-state index is -0.593. The Hall–Kier alpha value is -2.16. The van der Waals surface area contributed by atoms with Crippen LogP contribution in [0.1, 0.15) is 75.1 Å². The highest BCUT2D eigenvalue weighted by Crippen LogP contribution is 2.36. The van der Waals surface area contributed by atoms with Gasteiger partial charge in [-0.15, -0.1) is 0 Å². The van der Waals surface area contributed by atoms with Crippen LogP contribution in [0.4, 0.5) is 0 Å². The molecule has 0 heterocycles. The fraction of sp³-hybridized carbons (Fsp3) is 0.429. The van der Waals surface area contributed by atoms with Crippen LogP contribution in [-0.2, 0) is 6.42 Å². The van der Waals surface area contributed by atoms with Gasteiger partial charge in [0.1, 0.15) is 0 Å². The molecule has 0 aromatic heterocycles. The topological polar surface area (TPSA) is 32.3 Å². The van der Waals surface area contributed by atoms with Crippen molar-refractivity contribution in [3.8, 4) is 0 Å². The lowest BCUT2D eigenvalue weighted by Crippen LogP contribution is -2.29. The molecule has 158 valence electrons. The summed E-state index contributed by atoms with van der Waals surface area (Å²) in [5, 5.41) is 16.5. The zero-order chi connectivity index (χ0) is 21.1. The molecule has 0 amide bonds. The summed E-state index contributed by atoms with van der Waals surface area (Å²) in [5.41, 5.74) is 3.58. The lowest BCUT2D eigenvalue weighted by molar-refractivity contribution is 0.0714. The van der Waals surface area contributed by atoms with Crippen molar-refractivity contribution in [2.45, 2.75) is 76.5 Å². The highest BCUT2D eigenvalue weighted by atomic mass is 16.3. The van der Waals surface area contributed by atoms with Crippen molar-refractivity contribution in [2.75, 3.05) is 0 Å². The van der Waals surface area contributed by atoms with Crippen LogP contribution in [0.25, 0.3) is 10.8 Å². The molecule has 1 fully saturated rings. The number of hydrogen-bond acceptors (Lipinski definition) is 2. The SMILES string of the molecule is C[C@@H](N[C@H]1CC[C@H](c2ccc(CCC(C)(C)O)cc2)C1)c1cccc2ccccc12. The van der Waals surface area contributed by atoms with Crippen molar-refractivity contribution in [1.29, 1.82) is 0 Å². The molecule has 0 radical (unpaired) electrons. The smallest absolute Gasteiger partial charge is 0.0594 e. The van der Waals surface area contributed by atoms with Crippen molar-refractivity contribution in [3.63, 3.8) is 0 Å². The second kappa shape index (κ2) is 8.91. The molecule has 2 heteroatoms. The number of nitrogens with one attached hydrogen (secondary N) is 1. The predicted molar refractivity (Wildman–Crippen MR) is 127 cm³/mol.